The molecule has 0 aliphatic carbocycles. The van der Waals surface area contributed by atoms with Crippen molar-refractivity contribution in [3.63, 3.8) is 0 Å². The molecule has 4 aromatic rings. The fourth-order valence-corrected chi connectivity index (χ4v) is 8.48. The molecule has 6 bridgehead atoms. The molecule has 1 aromatic carbocycles. The molecular weight excluding hydrogens is 717 g/mol. The standard InChI is InChI=1S/C41H54N8O5S/c1-7-24(2)38(50)46-33-19-35-44-34(22-55-35)26-10-11-31-28(17-26)30(20-41(4,5)23-54-40(52)32-9-8-14-49(47-32)39(33)51)37(45-31)29-18-27(48-15-12-42-13-16-48)21-43-36(29)25(3)53-6/h10-11,17-18,21-22,24-25,32-33,42,45,47H,7-9,12-16,19-20,23H2,1-6H3,(H,46,50). The lowest BCUT2D eigenvalue weighted by Gasteiger charge is -2.35. The van der Waals surface area contributed by atoms with Gasteiger partial charge < -0.3 is 30.0 Å². The number of fused-ring (bicyclic) bond motifs is 6. The molecule has 7 rings (SSSR count). The van der Waals surface area contributed by atoms with Crippen molar-refractivity contribution in [1.29, 1.82) is 0 Å². The highest BCUT2D eigenvalue weighted by molar-refractivity contribution is 7.10. The molecule has 2 amide bonds. The maximum Gasteiger partial charge on any atom is 0.324 e. The average molecular weight is 771 g/mol. The number of hydrogen-bond donors (Lipinski definition) is 4. The van der Waals surface area contributed by atoms with Crippen molar-refractivity contribution in [3.05, 3.63) is 52.1 Å². The molecular formula is C41H54N8O5S. The quantitative estimate of drug-likeness (QED) is 0.185. The number of esters is 1. The predicted octanol–water partition coefficient (Wildman–Crippen LogP) is 5.16. The van der Waals surface area contributed by atoms with Crippen molar-refractivity contribution in [2.45, 2.75) is 84.9 Å². The van der Waals surface area contributed by atoms with E-state index < -0.39 is 23.5 Å². The molecule has 0 radical (unpaired) electrons. The van der Waals surface area contributed by atoms with E-state index in [9.17, 15) is 14.4 Å². The summed E-state index contributed by atoms with van der Waals surface area (Å²) in [7, 11) is 1.70. The first kappa shape index (κ1) is 38.9. The van der Waals surface area contributed by atoms with Gasteiger partial charge in [0.1, 0.15) is 12.1 Å². The summed E-state index contributed by atoms with van der Waals surface area (Å²) < 4.78 is 11.9. The molecule has 13 nitrogen and oxygen atoms in total. The van der Waals surface area contributed by atoms with Gasteiger partial charge in [0.25, 0.3) is 5.91 Å². The Hall–Kier alpha value is -4.37. The van der Waals surface area contributed by atoms with E-state index in [0.717, 1.165) is 81.5 Å². The number of benzene rings is 1. The monoisotopic (exact) mass is 770 g/mol. The Kier molecular flexibility index (Phi) is 11.6. The molecule has 3 aliphatic heterocycles. The highest BCUT2D eigenvalue weighted by Gasteiger charge is 2.36. The number of aromatic nitrogens is 3. The Morgan fingerprint density at radius 1 is 1.16 bits per heavy atom. The van der Waals surface area contributed by atoms with Crippen LogP contribution in [-0.4, -0.2) is 96.3 Å². The van der Waals surface area contributed by atoms with E-state index in [4.69, 9.17) is 19.4 Å². The zero-order valence-corrected chi connectivity index (χ0v) is 33.6. The average Bonchev–Trinajstić information content (AvgIpc) is 3.82. The van der Waals surface area contributed by atoms with Crippen LogP contribution in [0.4, 0.5) is 5.69 Å². The number of anilines is 1. The van der Waals surface area contributed by atoms with Gasteiger partial charge in [-0.3, -0.25) is 24.4 Å². The van der Waals surface area contributed by atoms with Crippen LogP contribution in [0.1, 0.15) is 76.3 Å². The van der Waals surface area contributed by atoms with E-state index >= 15 is 0 Å². The van der Waals surface area contributed by atoms with Crippen molar-refractivity contribution in [2.75, 3.05) is 51.3 Å². The van der Waals surface area contributed by atoms with Gasteiger partial charge in [-0.25, -0.2) is 10.4 Å². The lowest BCUT2D eigenvalue weighted by atomic mass is 9.84. The van der Waals surface area contributed by atoms with E-state index in [-0.39, 0.29) is 36.9 Å². The number of rotatable bonds is 7. The molecule has 2 fully saturated rings. The molecule has 0 spiro atoms. The van der Waals surface area contributed by atoms with E-state index in [1.807, 2.05) is 32.3 Å². The first-order valence-electron chi connectivity index (χ1n) is 19.6. The van der Waals surface area contributed by atoms with Crippen LogP contribution in [0.2, 0.25) is 0 Å². The van der Waals surface area contributed by atoms with Crippen LogP contribution in [0.3, 0.4) is 0 Å². The summed E-state index contributed by atoms with van der Waals surface area (Å²) in [5, 5.41) is 11.7. The van der Waals surface area contributed by atoms with E-state index in [1.165, 1.54) is 16.3 Å². The Morgan fingerprint density at radius 3 is 2.73 bits per heavy atom. The number of ether oxygens (including phenoxy) is 2. The smallest absolute Gasteiger partial charge is 0.324 e. The second-order valence-corrected chi connectivity index (χ2v) is 16.9. The number of carbonyl (C=O) groups is 3. The SMILES string of the molecule is CCC(C)C(=O)NC1Cc2nc(cs2)-c2ccc3[nH]c(-c4cc(N5CCNCC5)cnc4C(C)OC)c(c3c2)CC(C)(C)COC(=O)C2CCCN(N2)C1=O. The number of hydrogen-bond acceptors (Lipinski definition) is 11. The van der Waals surface area contributed by atoms with Crippen LogP contribution in [0.5, 0.6) is 0 Å². The molecule has 4 atom stereocenters. The number of cyclic esters (lactones) is 1. The highest BCUT2D eigenvalue weighted by Crippen LogP contribution is 2.41. The summed E-state index contributed by atoms with van der Waals surface area (Å²) in [6, 6.07) is 7.02. The lowest BCUT2D eigenvalue weighted by Crippen LogP contribution is -2.60. The van der Waals surface area contributed by atoms with Crippen molar-refractivity contribution in [3.8, 4) is 22.5 Å². The molecule has 2 saturated heterocycles. The van der Waals surface area contributed by atoms with Crippen molar-refractivity contribution >= 4 is 45.7 Å². The Balaban J connectivity index is 1.34. The van der Waals surface area contributed by atoms with Gasteiger partial charge in [-0.2, -0.15) is 0 Å². The number of nitrogens with zero attached hydrogens (tertiary/aromatic N) is 4. The Bertz CT molecular complexity index is 2040. The van der Waals surface area contributed by atoms with Crippen LogP contribution in [-0.2, 0) is 36.7 Å². The highest BCUT2D eigenvalue weighted by atomic mass is 32.1. The molecule has 14 heteroatoms. The third-order valence-corrected chi connectivity index (χ3v) is 12.1. The number of aromatic amines is 1. The minimum atomic E-state index is -0.851. The molecule has 0 saturated carbocycles. The van der Waals surface area contributed by atoms with Crippen LogP contribution < -0.4 is 21.0 Å². The zero-order valence-electron chi connectivity index (χ0n) is 32.8. The van der Waals surface area contributed by atoms with Gasteiger partial charge in [0.15, 0.2) is 0 Å². The maximum atomic E-state index is 14.0. The lowest BCUT2D eigenvalue weighted by molar-refractivity contribution is -0.155. The fourth-order valence-electron chi connectivity index (χ4n) is 7.63. The molecule has 55 heavy (non-hydrogen) atoms. The number of piperazine rings is 1. The van der Waals surface area contributed by atoms with Crippen LogP contribution >= 0.6 is 11.3 Å². The van der Waals surface area contributed by atoms with Crippen molar-refractivity contribution in [1.82, 2.24) is 36.0 Å². The number of amides is 2. The van der Waals surface area contributed by atoms with Crippen LogP contribution in [0, 0.1) is 11.3 Å². The van der Waals surface area contributed by atoms with E-state index in [1.54, 1.807) is 7.11 Å². The molecule has 3 aliphatic rings. The van der Waals surface area contributed by atoms with Gasteiger partial charge in [-0.05, 0) is 56.4 Å². The summed E-state index contributed by atoms with van der Waals surface area (Å²) in [5.74, 6) is -1.14. The van der Waals surface area contributed by atoms with Crippen LogP contribution in [0.25, 0.3) is 33.4 Å². The summed E-state index contributed by atoms with van der Waals surface area (Å²) in [4.78, 5) is 57.0. The largest absolute Gasteiger partial charge is 0.464 e. The molecule has 294 valence electrons. The maximum absolute atomic E-state index is 14.0. The number of carbonyl (C=O) groups excluding carboxylic acids is 3. The predicted molar refractivity (Wildman–Crippen MR) is 215 cm³/mol. The number of methoxy groups -OCH3 is 1. The third kappa shape index (κ3) is 8.42. The molecule has 3 aromatic heterocycles. The van der Waals surface area contributed by atoms with Gasteiger partial charge in [0, 0.05) is 85.0 Å². The second kappa shape index (κ2) is 16.4. The molecule has 6 heterocycles. The van der Waals surface area contributed by atoms with E-state index in [2.05, 4.69) is 64.1 Å². The summed E-state index contributed by atoms with van der Waals surface area (Å²) >= 11 is 1.47. The molecule has 4 unspecified atom stereocenters. The minimum Gasteiger partial charge on any atom is -0.464 e. The number of hydrazine groups is 1. The third-order valence-electron chi connectivity index (χ3n) is 11.2. The molecule has 4 N–H and O–H groups in total. The summed E-state index contributed by atoms with van der Waals surface area (Å²) in [5.41, 5.74) is 10.3. The van der Waals surface area contributed by atoms with Gasteiger partial charge >= 0.3 is 5.97 Å². The van der Waals surface area contributed by atoms with Gasteiger partial charge in [0.05, 0.1) is 46.7 Å². The van der Waals surface area contributed by atoms with Crippen molar-refractivity contribution in [2.24, 2.45) is 11.3 Å². The van der Waals surface area contributed by atoms with Gasteiger partial charge in [0.2, 0.25) is 5.91 Å². The normalized spacial score (nSPS) is 21.9. The number of H-pyrrole nitrogens is 1. The number of nitrogens with one attached hydrogen (secondary N) is 4. The van der Waals surface area contributed by atoms with E-state index in [0.29, 0.717) is 32.2 Å². The summed E-state index contributed by atoms with van der Waals surface area (Å²) in [6.07, 6.45) is 4.33. The van der Waals surface area contributed by atoms with Crippen molar-refractivity contribution < 1.29 is 23.9 Å². The number of pyridine rings is 1. The van der Waals surface area contributed by atoms with Gasteiger partial charge in [-0.15, -0.1) is 11.3 Å². The first-order valence-corrected chi connectivity index (χ1v) is 20.4. The Labute approximate surface area is 326 Å². The topological polar surface area (TPSA) is 154 Å². The summed E-state index contributed by atoms with van der Waals surface area (Å²) in [6.45, 7) is 14.2. The minimum absolute atomic E-state index is 0.174. The van der Waals surface area contributed by atoms with Crippen LogP contribution in [0.15, 0.2) is 35.8 Å². The first-order chi connectivity index (χ1) is 26.4. The number of thiazole rings is 1. The zero-order chi connectivity index (χ0) is 38.9. The Morgan fingerprint density at radius 2 is 1.96 bits per heavy atom. The van der Waals surface area contributed by atoms with Gasteiger partial charge in [-0.1, -0.05) is 33.8 Å². The fraction of sp³-hybridized carbons (Fsp3) is 0.537. The second-order valence-electron chi connectivity index (χ2n) is 15.9.